The molecule has 1 saturated heterocycles. The summed E-state index contributed by atoms with van der Waals surface area (Å²) in [5.41, 5.74) is 0. The summed E-state index contributed by atoms with van der Waals surface area (Å²) in [4.78, 5) is 13.1. The Kier molecular flexibility index (Phi) is 3.00. The van der Waals surface area contributed by atoms with Crippen molar-refractivity contribution in [1.82, 2.24) is 4.90 Å². The third kappa shape index (κ3) is 1.99. The molecule has 0 N–H and O–H groups in total. The Labute approximate surface area is 71.6 Å². The second kappa shape index (κ2) is 3.81. The number of carbonyl (C=O) groups is 1. The highest BCUT2D eigenvalue weighted by Gasteiger charge is 2.20. The van der Waals surface area contributed by atoms with Crippen LogP contribution >= 0.6 is 11.8 Å². The highest BCUT2D eigenvalue weighted by atomic mass is 32.2. The van der Waals surface area contributed by atoms with E-state index in [-0.39, 0.29) is 5.91 Å². The number of hydrogen-bond acceptors (Lipinski definition) is 2. The third-order valence-electron chi connectivity index (χ3n) is 1.83. The zero-order valence-corrected chi connectivity index (χ0v) is 7.56. The summed E-state index contributed by atoms with van der Waals surface area (Å²) in [6.45, 7) is 6.42. The first-order valence-corrected chi connectivity index (χ1v) is 4.92. The fourth-order valence-electron chi connectivity index (χ4n) is 1.17. The van der Waals surface area contributed by atoms with Crippen LogP contribution < -0.4 is 0 Å². The van der Waals surface area contributed by atoms with Crippen LogP contribution in [0.1, 0.15) is 6.92 Å². The van der Waals surface area contributed by atoms with Crippen molar-refractivity contribution in [3.63, 3.8) is 0 Å². The van der Waals surface area contributed by atoms with Crippen molar-refractivity contribution in [3.8, 4) is 0 Å². The molecule has 0 aromatic rings. The predicted molar refractivity (Wildman–Crippen MR) is 48.7 cm³/mol. The van der Waals surface area contributed by atoms with E-state index in [2.05, 4.69) is 13.5 Å². The van der Waals surface area contributed by atoms with Crippen molar-refractivity contribution in [3.05, 3.63) is 12.7 Å². The van der Waals surface area contributed by atoms with E-state index in [9.17, 15) is 4.79 Å². The first kappa shape index (κ1) is 8.65. The molecule has 1 aliphatic heterocycles. The molecule has 0 bridgehead atoms. The molecule has 3 heteroatoms. The van der Waals surface area contributed by atoms with Crippen molar-refractivity contribution in [2.45, 2.75) is 13.0 Å². The second-order valence-corrected chi connectivity index (χ2v) is 3.81. The topological polar surface area (TPSA) is 20.3 Å². The predicted octanol–water partition coefficient (Wildman–Crippen LogP) is 1.14. The van der Waals surface area contributed by atoms with Crippen LogP contribution in [0, 0.1) is 0 Å². The van der Waals surface area contributed by atoms with Crippen molar-refractivity contribution in [1.29, 1.82) is 0 Å². The van der Waals surface area contributed by atoms with Crippen molar-refractivity contribution < 1.29 is 4.79 Å². The average molecular weight is 171 g/mol. The molecule has 62 valence electrons. The maximum Gasteiger partial charge on any atom is 0.246 e. The van der Waals surface area contributed by atoms with Gasteiger partial charge in [-0.25, -0.2) is 0 Å². The van der Waals surface area contributed by atoms with Crippen molar-refractivity contribution in [2.75, 3.05) is 18.1 Å². The number of thioether (sulfide) groups is 1. The average Bonchev–Trinajstić information content (AvgIpc) is 2.04. The lowest BCUT2D eigenvalue weighted by Crippen LogP contribution is -2.43. The monoisotopic (exact) mass is 171 g/mol. The quantitative estimate of drug-likeness (QED) is 0.551. The fourth-order valence-corrected chi connectivity index (χ4v) is 2.19. The van der Waals surface area contributed by atoms with E-state index in [1.807, 2.05) is 16.7 Å². The summed E-state index contributed by atoms with van der Waals surface area (Å²) in [6, 6.07) is 0.374. The summed E-state index contributed by atoms with van der Waals surface area (Å²) in [6.07, 6.45) is 1.40. The largest absolute Gasteiger partial charge is 0.335 e. The van der Waals surface area contributed by atoms with Crippen LogP contribution in [0.5, 0.6) is 0 Å². The molecule has 1 fully saturated rings. The minimum atomic E-state index is 0.0674. The second-order valence-electron chi connectivity index (χ2n) is 2.66. The zero-order valence-electron chi connectivity index (χ0n) is 6.75. The lowest BCUT2D eigenvalue weighted by atomic mass is 10.3. The van der Waals surface area contributed by atoms with Crippen LogP contribution in [0.4, 0.5) is 0 Å². The first-order chi connectivity index (χ1) is 5.25. The van der Waals surface area contributed by atoms with Gasteiger partial charge in [0.25, 0.3) is 0 Å². The van der Waals surface area contributed by atoms with Crippen LogP contribution in [0.2, 0.25) is 0 Å². The fraction of sp³-hybridized carbons (Fsp3) is 0.625. The van der Waals surface area contributed by atoms with E-state index in [0.29, 0.717) is 6.04 Å². The van der Waals surface area contributed by atoms with E-state index < -0.39 is 0 Å². The molecule has 2 nitrogen and oxygen atoms in total. The lowest BCUT2D eigenvalue weighted by molar-refractivity contribution is -0.127. The van der Waals surface area contributed by atoms with Crippen LogP contribution in [0.3, 0.4) is 0 Å². The zero-order chi connectivity index (χ0) is 8.27. The molecule has 1 rings (SSSR count). The Morgan fingerprint density at radius 3 is 3.09 bits per heavy atom. The van der Waals surface area contributed by atoms with Gasteiger partial charge in [0.05, 0.1) is 0 Å². The van der Waals surface area contributed by atoms with Gasteiger partial charge >= 0.3 is 0 Å². The number of nitrogens with zero attached hydrogens (tertiary/aromatic N) is 1. The minimum absolute atomic E-state index is 0.0674. The van der Waals surface area contributed by atoms with Gasteiger partial charge in [0.2, 0.25) is 5.91 Å². The number of hydrogen-bond donors (Lipinski definition) is 0. The number of amides is 1. The summed E-state index contributed by atoms with van der Waals surface area (Å²) < 4.78 is 0. The van der Waals surface area contributed by atoms with Gasteiger partial charge < -0.3 is 4.90 Å². The normalized spacial score (nSPS) is 24.8. The summed E-state index contributed by atoms with van der Waals surface area (Å²) in [5, 5.41) is 0. The van der Waals surface area contributed by atoms with Gasteiger partial charge in [0, 0.05) is 24.1 Å². The summed E-state index contributed by atoms with van der Waals surface area (Å²) >= 11 is 1.91. The van der Waals surface area contributed by atoms with Gasteiger partial charge in [-0.05, 0) is 13.0 Å². The standard InChI is InChI=1S/C8H13NOS/c1-3-8(10)9-4-5-11-6-7(9)2/h3,7H,1,4-6H2,2H3. The lowest BCUT2D eigenvalue weighted by Gasteiger charge is -2.32. The van der Waals surface area contributed by atoms with Crippen molar-refractivity contribution in [2.24, 2.45) is 0 Å². The molecule has 0 radical (unpaired) electrons. The molecule has 11 heavy (non-hydrogen) atoms. The molecule has 0 saturated carbocycles. The van der Waals surface area contributed by atoms with E-state index in [1.54, 1.807) is 0 Å². The molecule has 1 amide bonds. The van der Waals surface area contributed by atoms with Gasteiger partial charge in [-0.15, -0.1) is 0 Å². The molecule has 1 heterocycles. The van der Waals surface area contributed by atoms with E-state index in [4.69, 9.17) is 0 Å². The molecular formula is C8H13NOS. The Morgan fingerprint density at radius 2 is 2.55 bits per heavy atom. The van der Waals surface area contributed by atoms with E-state index in [1.165, 1.54) is 6.08 Å². The Hall–Kier alpha value is -0.440. The molecule has 0 spiro atoms. The highest BCUT2D eigenvalue weighted by Crippen LogP contribution is 2.15. The van der Waals surface area contributed by atoms with E-state index in [0.717, 1.165) is 18.1 Å². The highest BCUT2D eigenvalue weighted by molar-refractivity contribution is 7.99. The van der Waals surface area contributed by atoms with Crippen LogP contribution in [0.15, 0.2) is 12.7 Å². The van der Waals surface area contributed by atoms with Crippen LogP contribution in [0.25, 0.3) is 0 Å². The smallest absolute Gasteiger partial charge is 0.246 e. The first-order valence-electron chi connectivity index (χ1n) is 3.76. The van der Waals surface area contributed by atoms with Crippen molar-refractivity contribution >= 4 is 17.7 Å². The molecule has 1 atom stereocenters. The Morgan fingerprint density at radius 1 is 1.82 bits per heavy atom. The van der Waals surface area contributed by atoms with Crippen LogP contribution in [-0.4, -0.2) is 34.9 Å². The number of rotatable bonds is 1. The van der Waals surface area contributed by atoms with E-state index >= 15 is 0 Å². The summed E-state index contributed by atoms with van der Waals surface area (Å²) in [7, 11) is 0. The maximum atomic E-state index is 11.2. The van der Waals surface area contributed by atoms with Crippen LogP contribution in [-0.2, 0) is 4.79 Å². The maximum absolute atomic E-state index is 11.2. The number of carbonyl (C=O) groups excluding carboxylic acids is 1. The summed E-state index contributed by atoms with van der Waals surface area (Å²) in [5.74, 6) is 2.18. The third-order valence-corrected chi connectivity index (χ3v) is 3.01. The SMILES string of the molecule is C=CC(=O)N1CCSCC1C. The molecule has 0 aliphatic carbocycles. The molecule has 1 aliphatic rings. The van der Waals surface area contributed by atoms with Gasteiger partial charge in [-0.1, -0.05) is 6.58 Å². The van der Waals surface area contributed by atoms with Gasteiger partial charge in [0.15, 0.2) is 0 Å². The van der Waals surface area contributed by atoms with Gasteiger partial charge in [-0.2, -0.15) is 11.8 Å². The molecular weight excluding hydrogens is 158 g/mol. The van der Waals surface area contributed by atoms with Gasteiger partial charge in [0.1, 0.15) is 0 Å². The molecule has 1 unspecified atom stereocenters. The molecule has 0 aromatic heterocycles. The Bertz CT molecular complexity index is 169. The molecule has 0 aromatic carbocycles. The van der Waals surface area contributed by atoms with Gasteiger partial charge in [-0.3, -0.25) is 4.79 Å². The minimum Gasteiger partial charge on any atom is -0.335 e. The Balaban J connectivity index is 2.53.